The molecule has 1 saturated heterocycles. The van der Waals surface area contributed by atoms with Crippen LogP contribution in [0, 0.1) is 10.1 Å². The molecule has 0 aliphatic carbocycles. The first kappa shape index (κ1) is 13.3. The van der Waals surface area contributed by atoms with E-state index in [1.165, 1.54) is 18.2 Å². The lowest BCUT2D eigenvalue weighted by Gasteiger charge is -2.25. The summed E-state index contributed by atoms with van der Waals surface area (Å²) in [4.78, 5) is 24.1. The van der Waals surface area contributed by atoms with Crippen molar-refractivity contribution in [3.05, 3.63) is 46.0 Å². The number of hydrogen-bond donors (Lipinski definition) is 0. The van der Waals surface area contributed by atoms with Crippen LogP contribution in [0.2, 0.25) is 0 Å². The largest absolute Gasteiger partial charge is 0.339 e. The van der Waals surface area contributed by atoms with Crippen molar-refractivity contribution < 1.29 is 9.72 Å². The van der Waals surface area contributed by atoms with E-state index in [4.69, 9.17) is 0 Å². The Morgan fingerprint density at radius 3 is 2.58 bits per heavy atom. The Balaban J connectivity index is 2.09. The van der Waals surface area contributed by atoms with Gasteiger partial charge in [0.1, 0.15) is 0 Å². The summed E-state index contributed by atoms with van der Waals surface area (Å²) in [6, 6.07) is 6.41. The number of carbonyl (C=O) groups is 1. The molecule has 5 nitrogen and oxygen atoms in total. The normalized spacial score (nSPS) is 15.7. The topological polar surface area (TPSA) is 63.4 Å². The van der Waals surface area contributed by atoms with Crippen molar-refractivity contribution in [3.63, 3.8) is 0 Å². The van der Waals surface area contributed by atoms with Crippen LogP contribution in [0.25, 0.3) is 6.08 Å². The SMILES string of the molecule is O=C(/C=C/c1ccccc1[N+](=O)[O-])N1CCCCC1. The summed E-state index contributed by atoms with van der Waals surface area (Å²) in [5.74, 6) is -0.0714. The number of nitro benzene ring substituents is 1. The number of piperidine rings is 1. The number of para-hydroxylation sites is 1. The minimum atomic E-state index is -0.439. The van der Waals surface area contributed by atoms with E-state index in [2.05, 4.69) is 0 Å². The van der Waals surface area contributed by atoms with Crippen molar-refractivity contribution in [2.45, 2.75) is 19.3 Å². The second-order valence-electron chi connectivity index (χ2n) is 4.54. The molecular formula is C14H16N2O3. The van der Waals surface area contributed by atoms with Crippen LogP contribution in [0.15, 0.2) is 30.3 Å². The predicted octanol–water partition coefficient (Wildman–Crippen LogP) is 2.62. The third kappa shape index (κ3) is 3.40. The van der Waals surface area contributed by atoms with E-state index in [0.29, 0.717) is 5.56 Å². The monoisotopic (exact) mass is 260 g/mol. The van der Waals surface area contributed by atoms with Crippen LogP contribution >= 0.6 is 0 Å². The number of nitrogens with zero attached hydrogens (tertiary/aromatic N) is 2. The van der Waals surface area contributed by atoms with Gasteiger partial charge in [0.15, 0.2) is 0 Å². The Kier molecular flexibility index (Phi) is 4.28. The second kappa shape index (κ2) is 6.13. The maximum atomic E-state index is 11.9. The van der Waals surface area contributed by atoms with E-state index < -0.39 is 4.92 Å². The molecule has 1 amide bonds. The molecule has 100 valence electrons. The lowest BCUT2D eigenvalue weighted by molar-refractivity contribution is -0.385. The quantitative estimate of drug-likeness (QED) is 0.476. The fourth-order valence-corrected chi connectivity index (χ4v) is 2.18. The Hall–Kier alpha value is -2.17. The molecule has 0 unspecified atom stereocenters. The van der Waals surface area contributed by atoms with E-state index in [-0.39, 0.29) is 11.6 Å². The summed E-state index contributed by atoms with van der Waals surface area (Å²) >= 11 is 0. The Morgan fingerprint density at radius 2 is 1.89 bits per heavy atom. The maximum Gasteiger partial charge on any atom is 0.276 e. The molecule has 1 aromatic rings. The van der Waals surface area contributed by atoms with Gasteiger partial charge in [-0.15, -0.1) is 0 Å². The molecule has 0 bridgehead atoms. The number of benzene rings is 1. The molecule has 1 aliphatic rings. The number of carbonyl (C=O) groups excluding carboxylic acids is 1. The Morgan fingerprint density at radius 1 is 1.21 bits per heavy atom. The van der Waals surface area contributed by atoms with Crippen LogP contribution in [0.4, 0.5) is 5.69 Å². The third-order valence-corrected chi connectivity index (χ3v) is 3.21. The van der Waals surface area contributed by atoms with Gasteiger partial charge in [0, 0.05) is 25.2 Å². The zero-order valence-electron chi connectivity index (χ0n) is 10.6. The van der Waals surface area contributed by atoms with Gasteiger partial charge in [-0.2, -0.15) is 0 Å². The second-order valence-corrected chi connectivity index (χ2v) is 4.54. The summed E-state index contributed by atoms with van der Waals surface area (Å²) in [5.41, 5.74) is 0.475. The highest BCUT2D eigenvalue weighted by molar-refractivity contribution is 5.92. The molecule has 0 atom stereocenters. The van der Waals surface area contributed by atoms with E-state index >= 15 is 0 Å². The van der Waals surface area contributed by atoms with Crippen LogP contribution in [0.1, 0.15) is 24.8 Å². The average molecular weight is 260 g/mol. The van der Waals surface area contributed by atoms with Gasteiger partial charge in [0.05, 0.1) is 10.5 Å². The first-order valence-corrected chi connectivity index (χ1v) is 6.39. The predicted molar refractivity (Wildman–Crippen MR) is 72.6 cm³/mol. The van der Waals surface area contributed by atoms with Crippen LogP contribution in [-0.4, -0.2) is 28.8 Å². The van der Waals surface area contributed by atoms with Crippen molar-refractivity contribution in [2.24, 2.45) is 0 Å². The molecule has 1 heterocycles. The summed E-state index contributed by atoms with van der Waals surface area (Å²) in [6.07, 6.45) is 6.18. The minimum Gasteiger partial charge on any atom is -0.339 e. The molecule has 0 N–H and O–H groups in total. The van der Waals surface area contributed by atoms with Crippen LogP contribution < -0.4 is 0 Å². The first-order valence-electron chi connectivity index (χ1n) is 6.39. The highest BCUT2D eigenvalue weighted by Crippen LogP contribution is 2.19. The molecule has 0 radical (unpaired) electrons. The molecule has 0 aromatic heterocycles. The molecule has 1 fully saturated rings. The number of amides is 1. The van der Waals surface area contributed by atoms with Gasteiger partial charge in [-0.1, -0.05) is 12.1 Å². The van der Waals surface area contributed by atoms with Crippen molar-refractivity contribution in [2.75, 3.05) is 13.1 Å². The lowest BCUT2D eigenvalue weighted by atomic mass is 10.1. The van der Waals surface area contributed by atoms with Gasteiger partial charge < -0.3 is 4.90 Å². The van der Waals surface area contributed by atoms with Gasteiger partial charge in [-0.25, -0.2) is 0 Å². The molecule has 0 saturated carbocycles. The average Bonchev–Trinajstić information content (AvgIpc) is 2.46. The summed E-state index contributed by atoms with van der Waals surface area (Å²) in [6.45, 7) is 1.56. The Labute approximate surface area is 111 Å². The molecule has 1 aromatic carbocycles. The smallest absolute Gasteiger partial charge is 0.276 e. The van der Waals surface area contributed by atoms with E-state index in [1.54, 1.807) is 23.1 Å². The summed E-state index contributed by atoms with van der Waals surface area (Å²) < 4.78 is 0. The summed E-state index contributed by atoms with van der Waals surface area (Å²) in [5, 5.41) is 10.8. The van der Waals surface area contributed by atoms with E-state index in [9.17, 15) is 14.9 Å². The van der Waals surface area contributed by atoms with Crippen molar-refractivity contribution in [1.82, 2.24) is 4.90 Å². The fourth-order valence-electron chi connectivity index (χ4n) is 2.18. The van der Waals surface area contributed by atoms with Crippen LogP contribution in [-0.2, 0) is 4.79 Å². The highest BCUT2D eigenvalue weighted by atomic mass is 16.6. The standard InChI is InChI=1S/C14H16N2O3/c17-14(15-10-4-1-5-11-15)9-8-12-6-2-3-7-13(12)16(18)19/h2-3,6-9H,1,4-5,10-11H2/b9-8+. The molecular weight excluding hydrogens is 244 g/mol. The van der Waals surface area contributed by atoms with Crippen LogP contribution in [0.5, 0.6) is 0 Å². The molecule has 1 aliphatic heterocycles. The lowest BCUT2D eigenvalue weighted by Crippen LogP contribution is -2.34. The van der Waals surface area contributed by atoms with Gasteiger partial charge in [-0.05, 0) is 31.4 Å². The van der Waals surface area contributed by atoms with Gasteiger partial charge >= 0.3 is 0 Å². The molecule has 19 heavy (non-hydrogen) atoms. The van der Waals surface area contributed by atoms with Gasteiger partial charge in [-0.3, -0.25) is 14.9 Å². The van der Waals surface area contributed by atoms with Crippen molar-refractivity contribution in [1.29, 1.82) is 0 Å². The van der Waals surface area contributed by atoms with Gasteiger partial charge in [0.2, 0.25) is 5.91 Å². The maximum absolute atomic E-state index is 11.9. The molecule has 2 rings (SSSR count). The number of nitro groups is 1. The number of rotatable bonds is 3. The minimum absolute atomic E-state index is 0.0187. The number of likely N-dealkylation sites (tertiary alicyclic amines) is 1. The van der Waals surface area contributed by atoms with E-state index in [1.807, 2.05) is 0 Å². The van der Waals surface area contributed by atoms with Crippen molar-refractivity contribution in [3.8, 4) is 0 Å². The van der Waals surface area contributed by atoms with E-state index in [0.717, 1.165) is 32.4 Å². The zero-order valence-corrected chi connectivity index (χ0v) is 10.6. The number of hydrogen-bond acceptors (Lipinski definition) is 3. The van der Waals surface area contributed by atoms with Crippen LogP contribution in [0.3, 0.4) is 0 Å². The first-order chi connectivity index (χ1) is 9.18. The van der Waals surface area contributed by atoms with Crippen molar-refractivity contribution >= 4 is 17.7 Å². The summed E-state index contributed by atoms with van der Waals surface area (Å²) in [7, 11) is 0. The Bertz CT molecular complexity index is 505. The molecule has 0 spiro atoms. The third-order valence-electron chi connectivity index (χ3n) is 3.21. The molecule has 5 heteroatoms. The fraction of sp³-hybridized carbons (Fsp3) is 0.357. The highest BCUT2D eigenvalue weighted by Gasteiger charge is 2.15. The van der Waals surface area contributed by atoms with Gasteiger partial charge in [0.25, 0.3) is 5.69 Å². The zero-order chi connectivity index (χ0) is 13.7.